The minimum atomic E-state index is -1.28. The topological polar surface area (TPSA) is 123 Å². The highest BCUT2D eigenvalue weighted by atomic mass is 16.5. The van der Waals surface area contributed by atoms with E-state index in [1.807, 2.05) is 94.7 Å². The molecule has 8 rings (SSSR count). The number of methoxy groups -OCH3 is 2. The van der Waals surface area contributed by atoms with Gasteiger partial charge in [-0.05, 0) is 120 Å². The Morgan fingerprint density at radius 2 is 0.917 bits per heavy atom. The van der Waals surface area contributed by atoms with Crippen LogP contribution >= 0.6 is 0 Å². The van der Waals surface area contributed by atoms with Gasteiger partial charge in [0.15, 0.2) is 0 Å². The molecule has 0 saturated heterocycles. The Morgan fingerprint density at radius 1 is 0.542 bits per heavy atom. The Bertz CT molecular complexity index is 2940. The zero-order valence-electron chi connectivity index (χ0n) is 42.0. The first-order valence-corrected chi connectivity index (χ1v) is 25.5. The van der Waals surface area contributed by atoms with Crippen LogP contribution in [0, 0.1) is 11.3 Å². The third-order valence-corrected chi connectivity index (χ3v) is 13.8. The number of carboxylic acid groups (broad SMARTS) is 1. The number of hydrogen-bond acceptors (Lipinski definition) is 7. The predicted octanol–water partition coefficient (Wildman–Crippen LogP) is 14.8. The van der Waals surface area contributed by atoms with Gasteiger partial charge < -0.3 is 29.3 Å². The van der Waals surface area contributed by atoms with Crippen LogP contribution in [0.4, 0.5) is 28.4 Å². The number of anilines is 5. The quantitative estimate of drug-likeness (QED) is 0.0383. The van der Waals surface area contributed by atoms with Crippen molar-refractivity contribution in [1.29, 1.82) is 5.26 Å². The third-order valence-electron chi connectivity index (χ3n) is 13.8. The summed E-state index contributed by atoms with van der Waals surface area (Å²) >= 11 is 0. The summed E-state index contributed by atoms with van der Waals surface area (Å²) in [4.78, 5) is 47.6. The van der Waals surface area contributed by atoms with E-state index in [0.717, 1.165) is 131 Å². The molecule has 0 spiro atoms. The number of carbonyl (C=O) groups is 3. The number of aliphatic carboxylic acids is 1. The molecule has 6 aromatic rings. The Hall–Kier alpha value is -7.90. The van der Waals surface area contributed by atoms with Crippen molar-refractivity contribution in [3.05, 3.63) is 156 Å². The molecule has 0 saturated carbocycles. The fourth-order valence-corrected chi connectivity index (χ4v) is 9.83. The van der Waals surface area contributed by atoms with Crippen LogP contribution in [0.5, 0.6) is 11.5 Å². The van der Waals surface area contributed by atoms with Crippen molar-refractivity contribution in [2.75, 3.05) is 42.0 Å². The fraction of sp³-hybridized carbons (Fsp3) is 0.290. The van der Waals surface area contributed by atoms with Gasteiger partial charge in [0.05, 0.1) is 36.7 Å². The minimum absolute atomic E-state index is 0.151. The van der Waals surface area contributed by atoms with Crippen molar-refractivity contribution in [2.24, 2.45) is 0 Å². The van der Waals surface area contributed by atoms with Crippen molar-refractivity contribution in [3.8, 4) is 39.8 Å². The van der Waals surface area contributed by atoms with Gasteiger partial charge in [-0.25, -0.2) is 4.79 Å². The number of ether oxygens (including phenoxy) is 2. The van der Waals surface area contributed by atoms with Crippen LogP contribution in [-0.4, -0.2) is 50.2 Å². The first-order valence-electron chi connectivity index (χ1n) is 25.5. The summed E-state index contributed by atoms with van der Waals surface area (Å²) in [6, 6.07) is 45.7. The third kappa shape index (κ3) is 11.2. The monoisotopic (exact) mass is 960 g/mol. The molecule has 368 valence electrons. The van der Waals surface area contributed by atoms with Crippen molar-refractivity contribution in [1.82, 2.24) is 0 Å². The maximum atomic E-state index is 15.1. The van der Waals surface area contributed by atoms with Gasteiger partial charge in [-0.2, -0.15) is 5.26 Å². The molecule has 0 aromatic heterocycles. The second kappa shape index (κ2) is 23.8. The highest BCUT2D eigenvalue weighted by Crippen LogP contribution is 2.49. The molecular formula is C62H64N4O6. The maximum absolute atomic E-state index is 15.1. The van der Waals surface area contributed by atoms with E-state index in [1.54, 1.807) is 32.4 Å². The van der Waals surface area contributed by atoms with Gasteiger partial charge in [0.1, 0.15) is 23.1 Å². The number of nitrogens with zero attached hydrogens (tertiary/aromatic N) is 4. The van der Waals surface area contributed by atoms with Gasteiger partial charge in [0, 0.05) is 41.3 Å². The van der Waals surface area contributed by atoms with Crippen LogP contribution in [0.25, 0.3) is 39.5 Å². The second-order valence-electron chi connectivity index (χ2n) is 18.5. The van der Waals surface area contributed by atoms with E-state index >= 15 is 9.59 Å². The first-order chi connectivity index (χ1) is 35.2. The van der Waals surface area contributed by atoms with E-state index < -0.39 is 5.97 Å². The molecule has 0 radical (unpaired) electrons. The minimum Gasteiger partial charge on any atom is -0.497 e. The number of fused-ring (bicyclic) bond motifs is 2. The van der Waals surface area contributed by atoms with E-state index in [0.29, 0.717) is 29.8 Å². The van der Waals surface area contributed by atoms with E-state index in [-0.39, 0.29) is 17.4 Å². The van der Waals surface area contributed by atoms with Crippen LogP contribution in [0.3, 0.4) is 0 Å². The standard InChI is InChI=1S/C62H64N4O6/c1-5-7-9-11-13-15-37-64-56-40-46(44-19-17-43(18-20-44)39-48(42-63)62(69)70)23-35-54(56)58(60(64)67)59-55-36-24-47(41-57(55)65(61(59)68)38-16-14-12-10-8-6-2)45-21-25-49(26-22-45)66(50-27-31-52(71-3)32-28-50)51-29-33-53(72-4)34-30-51/h17-36,39-41H,5-16,37-38H2,1-4H3,(H,69,70)/b48-39-,59-58-. The number of carboxylic acids is 1. The largest absolute Gasteiger partial charge is 0.497 e. The van der Waals surface area contributed by atoms with Crippen molar-refractivity contribution < 1.29 is 29.0 Å². The van der Waals surface area contributed by atoms with Crippen LogP contribution in [0.15, 0.2) is 139 Å². The molecule has 10 heteroatoms. The number of nitriles is 1. The van der Waals surface area contributed by atoms with Crippen molar-refractivity contribution >= 4 is 63.4 Å². The van der Waals surface area contributed by atoms with Gasteiger partial charge in [-0.15, -0.1) is 0 Å². The van der Waals surface area contributed by atoms with Crippen LogP contribution < -0.4 is 24.2 Å². The van der Waals surface area contributed by atoms with E-state index in [1.165, 1.54) is 25.3 Å². The summed E-state index contributed by atoms with van der Waals surface area (Å²) in [5.74, 6) is -0.0461. The highest BCUT2D eigenvalue weighted by Gasteiger charge is 2.42. The Labute approximate surface area is 424 Å². The Morgan fingerprint density at radius 3 is 1.31 bits per heavy atom. The molecule has 0 atom stereocenters. The molecule has 2 heterocycles. The molecule has 0 unspecified atom stereocenters. The average Bonchev–Trinajstić information content (AvgIpc) is 3.84. The zero-order chi connectivity index (χ0) is 50.6. The molecule has 1 N–H and O–H groups in total. The smallest absolute Gasteiger partial charge is 0.346 e. The lowest BCUT2D eigenvalue weighted by molar-refractivity contribution is -0.132. The average molecular weight is 961 g/mol. The SMILES string of the molecule is CCCCCCCCN1C(=O)/C(=C2\C(=O)N(CCCCCCCC)c3cc(-c4ccc(N(c5ccc(OC)cc5)c5ccc(OC)cc5)cc4)ccc32)c2ccc(-c3ccc(/C=C(/C#N)C(=O)O)cc3)cc21. The molecule has 0 fully saturated rings. The summed E-state index contributed by atoms with van der Waals surface area (Å²) in [5.41, 5.74) is 10.8. The van der Waals surface area contributed by atoms with Crippen LogP contribution in [0.2, 0.25) is 0 Å². The first kappa shape index (κ1) is 50.5. The normalized spacial score (nSPS) is 14.1. The molecule has 10 nitrogen and oxygen atoms in total. The molecular weight excluding hydrogens is 897 g/mol. The van der Waals surface area contributed by atoms with Crippen molar-refractivity contribution in [3.63, 3.8) is 0 Å². The summed E-state index contributed by atoms with van der Waals surface area (Å²) < 4.78 is 10.9. The molecule has 2 amide bonds. The van der Waals surface area contributed by atoms with Crippen LogP contribution in [0.1, 0.15) is 108 Å². The number of unbranched alkanes of at least 4 members (excludes halogenated alkanes) is 10. The van der Waals surface area contributed by atoms with E-state index in [2.05, 4.69) is 55.1 Å². The molecule has 2 aliphatic rings. The molecule has 0 aliphatic carbocycles. The summed E-state index contributed by atoms with van der Waals surface area (Å²) in [6.45, 7) is 5.49. The fourth-order valence-electron chi connectivity index (χ4n) is 9.83. The Balaban J connectivity index is 1.17. The maximum Gasteiger partial charge on any atom is 0.346 e. The molecule has 2 aliphatic heterocycles. The summed E-state index contributed by atoms with van der Waals surface area (Å²) in [6.07, 6.45) is 14.3. The number of carbonyl (C=O) groups excluding carboxylic acids is 2. The lowest BCUT2D eigenvalue weighted by Gasteiger charge is -2.26. The molecule has 6 aromatic carbocycles. The number of amides is 2. The van der Waals surface area contributed by atoms with Gasteiger partial charge in [0.2, 0.25) is 0 Å². The summed E-state index contributed by atoms with van der Waals surface area (Å²) in [7, 11) is 3.32. The zero-order valence-corrected chi connectivity index (χ0v) is 42.0. The van der Waals surface area contributed by atoms with E-state index in [9.17, 15) is 15.2 Å². The van der Waals surface area contributed by atoms with Crippen molar-refractivity contribution in [2.45, 2.75) is 90.9 Å². The van der Waals surface area contributed by atoms with Gasteiger partial charge in [-0.3, -0.25) is 9.59 Å². The molecule has 0 bridgehead atoms. The van der Waals surface area contributed by atoms with E-state index in [4.69, 9.17) is 9.47 Å². The lowest BCUT2D eigenvalue weighted by Crippen LogP contribution is -2.30. The van der Waals surface area contributed by atoms with Gasteiger partial charge >= 0.3 is 5.97 Å². The second-order valence-corrected chi connectivity index (χ2v) is 18.5. The predicted molar refractivity (Wildman–Crippen MR) is 291 cm³/mol. The molecule has 72 heavy (non-hydrogen) atoms. The number of benzene rings is 6. The number of rotatable bonds is 23. The lowest BCUT2D eigenvalue weighted by atomic mass is 9.93. The van der Waals surface area contributed by atoms with Gasteiger partial charge in [-0.1, -0.05) is 139 Å². The van der Waals surface area contributed by atoms with Crippen LogP contribution in [-0.2, 0) is 14.4 Å². The Kier molecular flexibility index (Phi) is 16.7. The highest BCUT2D eigenvalue weighted by molar-refractivity contribution is 6.50. The summed E-state index contributed by atoms with van der Waals surface area (Å²) in [5, 5.41) is 18.7. The number of hydrogen-bond donors (Lipinski definition) is 1. The van der Waals surface area contributed by atoms with Gasteiger partial charge in [0.25, 0.3) is 11.8 Å².